The van der Waals surface area contributed by atoms with Gasteiger partial charge < -0.3 is 26.3 Å². The van der Waals surface area contributed by atoms with E-state index in [2.05, 4.69) is 33.0 Å². The molecule has 0 aromatic heterocycles. The van der Waals surface area contributed by atoms with Gasteiger partial charge >= 0.3 is 0 Å². The predicted molar refractivity (Wildman–Crippen MR) is 219 cm³/mol. The average molecular weight is 716 g/mol. The first-order valence-corrected chi connectivity index (χ1v) is 23.2. The van der Waals surface area contributed by atoms with Gasteiger partial charge in [0, 0.05) is 13.2 Å². The van der Waals surface area contributed by atoms with E-state index in [0.717, 1.165) is 74.7 Å². The highest BCUT2D eigenvalue weighted by Gasteiger charge is 2.64. The third kappa shape index (κ3) is 12.4. The zero-order valence-electron chi connectivity index (χ0n) is 34.7. The molecule has 4 aliphatic rings. The average Bonchev–Trinajstić information content (AvgIpc) is 3.49. The van der Waals surface area contributed by atoms with Crippen LogP contribution in [0.4, 0.5) is 0 Å². The molecule has 4 unspecified atom stereocenters. The summed E-state index contributed by atoms with van der Waals surface area (Å²) >= 11 is 0. The molecule has 0 heterocycles. The summed E-state index contributed by atoms with van der Waals surface area (Å²) in [4.78, 5) is 0. The van der Waals surface area contributed by atoms with Crippen molar-refractivity contribution in [2.24, 2.45) is 57.8 Å². The molecule has 0 aromatic rings. The lowest BCUT2D eigenvalue weighted by molar-refractivity contribution is -0.192. The predicted octanol–water partition coefficient (Wildman–Crippen LogP) is 11.2. The maximum absolute atomic E-state index is 6.99. The van der Waals surface area contributed by atoms with Gasteiger partial charge in [0.1, 0.15) is 0 Å². The van der Waals surface area contributed by atoms with Crippen molar-refractivity contribution in [3.63, 3.8) is 0 Å². The second-order valence-electron chi connectivity index (χ2n) is 18.8. The maximum Gasteiger partial charge on any atom is 0.0637 e. The Morgan fingerprint density at radius 1 is 0.647 bits per heavy atom. The minimum atomic E-state index is 0.308. The van der Waals surface area contributed by atoms with Gasteiger partial charge in [-0.2, -0.15) is 0 Å². The van der Waals surface area contributed by atoms with Gasteiger partial charge in [-0.1, -0.05) is 111 Å². The molecule has 0 radical (unpaired) electrons. The van der Waals surface area contributed by atoms with Gasteiger partial charge in [-0.05, 0) is 156 Å². The van der Waals surface area contributed by atoms with Crippen LogP contribution in [0, 0.1) is 46.3 Å². The van der Waals surface area contributed by atoms with E-state index < -0.39 is 0 Å². The van der Waals surface area contributed by atoms with Gasteiger partial charge in [0.05, 0.1) is 12.2 Å². The summed E-state index contributed by atoms with van der Waals surface area (Å²) in [5.41, 5.74) is 12.5. The fraction of sp³-hybridized carbons (Fsp3) is 1.00. The molecule has 5 heteroatoms. The van der Waals surface area contributed by atoms with Crippen molar-refractivity contribution in [1.82, 2.24) is 5.32 Å². The molecular weight excluding hydrogens is 627 g/mol. The van der Waals surface area contributed by atoms with Gasteiger partial charge in [-0.3, -0.25) is 0 Å². The summed E-state index contributed by atoms with van der Waals surface area (Å²) in [7, 11) is 0. The highest BCUT2D eigenvalue weighted by molar-refractivity contribution is 5.13. The topological polar surface area (TPSA) is 82.5 Å². The van der Waals surface area contributed by atoms with Crippen LogP contribution in [0.3, 0.4) is 0 Å². The smallest absolute Gasteiger partial charge is 0.0637 e. The zero-order chi connectivity index (χ0) is 36.4. The molecule has 0 saturated heterocycles. The molecule has 10 atom stereocenters. The second kappa shape index (κ2) is 23.7. The van der Waals surface area contributed by atoms with Gasteiger partial charge in [-0.25, -0.2) is 0 Å². The van der Waals surface area contributed by atoms with Crippen molar-refractivity contribution >= 4 is 0 Å². The van der Waals surface area contributed by atoms with E-state index in [1.807, 2.05) is 0 Å². The van der Waals surface area contributed by atoms with E-state index in [0.29, 0.717) is 23.0 Å². The van der Waals surface area contributed by atoms with E-state index in [4.69, 9.17) is 20.9 Å². The van der Waals surface area contributed by atoms with Crippen LogP contribution in [0.25, 0.3) is 0 Å². The Kier molecular flexibility index (Phi) is 20.2. The molecule has 5 nitrogen and oxygen atoms in total. The number of nitrogens with one attached hydrogen (secondary N) is 1. The number of fused-ring (bicyclic) bond motifs is 5. The Morgan fingerprint density at radius 3 is 1.90 bits per heavy atom. The molecule has 0 aromatic carbocycles. The minimum Gasteiger partial charge on any atom is -0.378 e. The van der Waals surface area contributed by atoms with Crippen LogP contribution in [0.15, 0.2) is 0 Å². The summed E-state index contributed by atoms with van der Waals surface area (Å²) in [6, 6.07) is 0. The van der Waals surface area contributed by atoms with Crippen LogP contribution >= 0.6 is 0 Å². The monoisotopic (exact) mass is 716 g/mol. The standard InChI is InChI=1S/C46H89N3O2/c1-5-6-7-8-9-10-11-12-13-14-15-16-17-18-31-49-32-19-22-37(2)41-25-26-42-40-24-23-38-35-39(50-33-20-29-47)27-28-45(38,3)43(40)36-44(46(41,42)4)51-34-21-30-48/h37-44,49H,5-36,47-48H2,1-4H3/t37-,38?,39-,40?,41?,42+,43+,44+,45?,46+/m1/s1. The van der Waals surface area contributed by atoms with Crippen LogP contribution in [-0.2, 0) is 9.47 Å². The van der Waals surface area contributed by atoms with E-state index in [9.17, 15) is 0 Å². The molecule has 0 amide bonds. The Morgan fingerprint density at radius 2 is 1.25 bits per heavy atom. The van der Waals surface area contributed by atoms with Crippen LogP contribution in [0.1, 0.15) is 195 Å². The van der Waals surface area contributed by atoms with Gasteiger partial charge in [0.25, 0.3) is 0 Å². The number of rotatable bonds is 28. The molecule has 5 N–H and O–H groups in total. The Balaban J connectivity index is 1.16. The highest BCUT2D eigenvalue weighted by Crippen LogP contribution is 2.69. The van der Waals surface area contributed by atoms with E-state index in [1.165, 1.54) is 167 Å². The highest BCUT2D eigenvalue weighted by atomic mass is 16.5. The normalized spacial score (nSPS) is 33.9. The van der Waals surface area contributed by atoms with Crippen molar-refractivity contribution < 1.29 is 9.47 Å². The Bertz CT molecular complexity index is 902. The molecule has 4 fully saturated rings. The van der Waals surface area contributed by atoms with Crippen molar-refractivity contribution in [2.75, 3.05) is 39.4 Å². The first-order valence-electron chi connectivity index (χ1n) is 23.2. The van der Waals surface area contributed by atoms with E-state index in [-0.39, 0.29) is 0 Å². The minimum absolute atomic E-state index is 0.308. The molecule has 0 spiro atoms. The van der Waals surface area contributed by atoms with Crippen LogP contribution in [0.2, 0.25) is 0 Å². The van der Waals surface area contributed by atoms with Crippen LogP contribution in [0.5, 0.6) is 0 Å². The molecule has 51 heavy (non-hydrogen) atoms. The molecule has 0 aliphatic heterocycles. The first kappa shape index (κ1) is 43.5. The summed E-state index contributed by atoms with van der Waals surface area (Å²) in [6.07, 6.45) is 36.3. The van der Waals surface area contributed by atoms with Crippen molar-refractivity contribution in [1.29, 1.82) is 0 Å². The lowest BCUT2D eigenvalue weighted by atomic mass is 9.43. The summed E-state index contributed by atoms with van der Waals surface area (Å²) in [5.74, 6) is 4.86. The largest absolute Gasteiger partial charge is 0.378 e. The number of unbranched alkanes of at least 4 members (excludes halogenated alkanes) is 13. The van der Waals surface area contributed by atoms with Crippen molar-refractivity contribution in [2.45, 2.75) is 207 Å². The number of ether oxygens (including phenoxy) is 2. The Hall–Kier alpha value is -0.200. The molecule has 4 rings (SSSR count). The Labute approximate surface area is 318 Å². The zero-order valence-corrected chi connectivity index (χ0v) is 34.7. The van der Waals surface area contributed by atoms with Crippen molar-refractivity contribution in [3.05, 3.63) is 0 Å². The third-order valence-corrected chi connectivity index (χ3v) is 15.5. The lowest BCUT2D eigenvalue weighted by Crippen LogP contribution is -2.59. The lowest BCUT2D eigenvalue weighted by Gasteiger charge is -2.63. The summed E-state index contributed by atoms with van der Waals surface area (Å²) in [6.45, 7) is 15.8. The fourth-order valence-electron chi connectivity index (χ4n) is 12.5. The SMILES string of the molecule is CCCCCCCCCCCCCCCCNCCC[C@@H](C)C1CC[C@H]2C3CCC4C[C@H](OCCCN)CCC4(C)[C@H]3C[C@H](OCCCN)[C@@]12C. The maximum atomic E-state index is 6.99. The van der Waals surface area contributed by atoms with Crippen LogP contribution < -0.4 is 16.8 Å². The van der Waals surface area contributed by atoms with E-state index >= 15 is 0 Å². The van der Waals surface area contributed by atoms with Crippen molar-refractivity contribution in [3.8, 4) is 0 Å². The summed E-state index contributed by atoms with van der Waals surface area (Å²) in [5, 5.41) is 3.82. The molecule has 0 bridgehead atoms. The number of nitrogens with two attached hydrogens (primary N) is 2. The van der Waals surface area contributed by atoms with Gasteiger partial charge in [0.2, 0.25) is 0 Å². The van der Waals surface area contributed by atoms with Gasteiger partial charge in [-0.15, -0.1) is 0 Å². The van der Waals surface area contributed by atoms with Crippen LogP contribution in [-0.4, -0.2) is 51.6 Å². The fourth-order valence-corrected chi connectivity index (χ4v) is 12.5. The van der Waals surface area contributed by atoms with E-state index in [1.54, 1.807) is 0 Å². The quantitative estimate of drug-likeness (QED) is 0.0703. The number of hydrogen-bond acceptors (Lipinski definition) is 5. The molecule has 300 valence electrons. The summed E-state index contributed by atoms with van der Waals surface area (Å²) < 4.78 is 13.3. The number of hydrogen-bond donors (Lipinski definition) is 3. The molecule has 4 aliphatic carbocycles. The first-order chi connectivity index (χ1) is 24.9. The second-order valence-corrected chi connectivity index (χ2v) is 18.8. The molecule has 4 saturated carbocycles. The van der Waals surface area contributed by atoms with Gasteiger partial charge in [0.15, 0.2) is 0 Å². The third-order valence-electron chi connectivity index (χ3n) is 15.5. The molecular formula is C46H89N3O2.